The Hall–Kier alpha value is -1.26. The molecule has 1 aromatic carbocycles. The quantitative estimate of drug-likeness (QED) is 0.891. The zero-order valence-corrected chi connectivity index (χ0v) is 12.2. The highest BCUT2D eigenvalue weighted by atomic mass is 35.5. The first-order valence-corrected chi connectivity index (χ1v) is 7.63. The van der Waals surface area contributed by atoms with Gasteiger partial charge in [0.2, 0.25) is 5.91 Å². The van der Waals surface area contributed by atoms with Gasteiger partial charge in [0.25, 0.3) is 0 Å². The molecule has 4 nitrogen and oxygen atoms in total. The van der Waals surface area contributed by atoms with Crippen molar-refractivity contribution in [3.8, 4) is 0 Å². The standard InChI is InChI=1S/C15H20ClN3O/c16-14-9-13(19-7-5-15(20)17-6-8-19)4-1-11(14)10-18-12-2-3-12/h1,4,9,12,18H,2-3,5-8,10H2,(H,17,20). The van der Waals surface area contributed by atoms with Crippen LogP contribution in [0.4, 0.5) is 5.69 Å². The van der Waals surface area contributed by atoms with E-state index in [9.17, 15) is 4.79 Å². The fraction of sp³-hybridized carbons (Fsp3) is 0.533. The van der Waals surface area contributed by atoms with Crippen LogP contribution < -0.4 is 15.5 Å². The topological polar surface area (TPSA) is 44.4 Å². The maximum atomic E-state index is 11.4. The summed E-state index contributed by atoms with van der Waals surface area (Å²) in [4.78, 5) is 13.6. The van der Waals surface area contributed by atoms with Crippen LogP contribution in [0.15, 0.2) is 18.2 Å². The first-order chi connectivity index (χ1) is 9.72. The highest BCUT2D eigenvalue weighted by Gasteiger charge is 2.20. The van der Waals surface area contributed by atoms with Gasteiger partial charge >= 0.3 is 0 Å². The van der Waals surface area contributed by atoms with Crippen molar-refractivity contribution in [1.82, 2.24) is 10.6 Å². The van der Waals surface area contributed by atoms with E-state index in [2.05, 4.69) is 27.7 Å². The normalized spacial score (nSPS) is 19.6. The Bertz CT molecular complexity index is 502. The summed E-state index contributed by atoms with van der Waals surface area (Å²) in [6, 6.07) is 6.90. The molecule has 5 heteroatoms. The van der Waals surface area contributed by atoms with E-state index in [-0.39, 0.29) is 5.91 Å². The molecule has 0 bridgehead atoms. The average molecular weight is 294 g/mol. The summed E-state index contributed by atoms with van der Waals surface area (Å²) < 4.78 is 0. The Labute approximate surface area is 124 Å². The van der Waals surface area contributed by atoms with Gasteiger partial charge in [0, 0.05) is 49.4 Å². The minimum absolute atomic E-state index is 0.129. The molecule has 1 saturated heterocycles. The lowest BCUT2D eigenvalue weighted by molar-refractivity contribution is -0.120. The summed E-state index contributed by atoms with van der Waals surface area (Å²) in [5.41, 5.74) is 2.24. The first kappa shape index (κ1) is 13.7. The van der Waals surface area contributed by atoms with Crippen molar-refractivity contribution in [1.29, 1.82) is 0 Å². The van der Waals surface area contributed by atoms with E-state index < -0.39 is 0 Å². The number of nitrogens with one attached hydrogen (secondary N) is 2. The number of carbonyl (C=O) groups is 1. The van der Waals surface area contributed by atoms with Gasteiger partial charge in [0.05, 0.1) is 0 Å². The molecule has 2 fully saturated rings. The van der Waals surface area contributed by atoms with Crippen molar-refractivity contribution in [3.05, 3.63) is 28.8 Å². The van der Waals surface area contributed by atoms with Crippen molar-refractivity contribution in [2.24, 2.45) is 0 Å². The van der Waals surface area contributed by atoms with Gasteiger partial charge in [-0.3, -0.25) is 4.79 Å². The third-order valence-corrected chi connectivity index (χ3v) is 4.22. The highest BCUT2D eigenvalue weighted by Crippen LogP contribution is 2.26. The summed E-state index contributed by atoms with van der Waals surface area (Å²) >= 11 is 6.37. The molecule has 0 spiro atoms. The molecular formula is C15H20ClN3O. The molecule has 0 unspecified atom stereocenters. The second-order valence-corrected chi connectivity index (χ2v) is 5.93. The van der Waals surface area contributed by atoms with Crippen LogP contribution >= 0.6 is 11.6 Å². The second kappa shape index (κ2) is 6.02. The smallest absolute Gasteiger partial charge is 0.221 e. The third-order valence-electron chi connectivity index (χ3n) is 3.87. The van der Waals surface area contributed by atoms with Gasteiger partial charge in [-0.1, -0.05) is 17.7 Å². The summed E-state index contributed by atoms with van der Waals surface area (Å²) in [5, 5.41) is 7.17. The van der Waals surface area contributed by atoms with Gasteiger partial charge in [0.15, 0.2) is 0 Å². The predicted octanol–water partition coefficient (Wildman–Crippen LogP) is 1.92. The van der Waals surface area contributed by atoms with E-state index >= 15 is 0 Å². The number of amides is 1. The summed E-state index contributed by atoms with van der Waals surface area (Å²) in [6.07, 6.45) is 3.11. The lowest BCUT2D eigenvalue weighted by Gasteiger charge is -2.22. The van der Waals surface area contributed by atoms with Crippen molar-refractivity contribution in [2.75, 3.05) is 24.5 Å². The molecule has 0 radical (unpaired) electrons. The molecule has 1 aromatic rings. The molecule has 1 aliphatic carbocycles. The van der Waals surface area contributed by atoms with Gasteiger partial charge in [-0.05, 0) is 30.5 Å². The maximum absolute atomic E-state index is 11.4. The van der Waals surface area contributed by atoms with Crippen molar-refractivity contribution in [3.63, 3.8) is 0 Å². The molecule has 2 aliphatic rings. The number of nitrogens with zero attached hydrogens (tertiary/aromatic N) is 1. The first-order valence-electron chi connectivity index (χ1n) is 7.26. The Kier molecular flexibility index (Phi) is 4.13. The minimum atomic E-state index is 0.129. The van der Waals surface area contributed by atoms with Gasteiger partial charge in [0.1, 0.15) is 0 Å². The Balaban J connectivity index is 1.66. The Morgan fingerprint density at radius 1 is 1.35 bits per heavy atom. The van der Waals surface area contributed by atoms with Gasteiger partial charge in [-0.15, -0.1) is 0 Å². The van der Waals surface area contributed by atoms with Crippen LogP contribution in [0.5, 0.6) is 0 Å². The van der Waals surface area contributed by atoms with E-state index in [4.69, 9.17) is 11.6 Å². The van der Waals surface area contributed by atoms with Crippen LogP contribution in [0.2, 0.25) is 5.02 Å². The van der Waals surface area contributed by atoms with Crippen LogP contribution in [0.25, 0.3) is 0 Å². The third kappa shape index (κ3) is 3.44. The fourth-order valence-corrected chi connectivity index (χ4v) is 2.68. The van der Waals surface area contributed by atoms with Crippen molar-refractivity contribution < 1.29 is 4.79 Å². The largest absolute Gasteiger partial charge is 0.369 e. The van der Waals surface area contributed by atoms with Gasteiger partial charge < -0.3 is 15.5 Å². The number of carbonyl (C=O) groups excluding carboxylic acids is 1. The van der Waals surface area contributed by atoms with Crippen LogP contribution in [-0.4, -0.2) is 31.6 Å². The summed E-state index contributed by atoms with van der Waals surface area (Å²) in [5.74, 6) is 0.129. The van der Waals surface area contributed by atoms with Crippen molar-refractivity contribution >= 4 is 23.2 Å². The van der Waals surface area contributed by atoms with Gasteiger partial charge in [-0.2, -0.15) is 0 Å². The fourth-order valence-electron chi connectivity index (χ4n) is 2.44. The highest BCUT2D eigenvalue weighted by molar-refractivity contribution is 6.31. The molecule has 1 amide bonds. The lowest BCUT2D eigenvalue weighted by Crippen LogP contribution is -2.28. The van der Waals surface area contributed by atoms with Crippen LogP contribution in [0.3, 0.4) is 0 Å². The molecule has 108 valence electrons. The second-order valence-electron chi connectivity index (χ2n) is 5.52. The van der Waals surface area contributed by atoms with E-state index in [1.54, 1.807) is 0 Å². The number of halogens is 1. The molecule has 20 heavy (non-hydrogen) atoms. The monoisotopic (exact) mass is 293 g/mol. The predicted molar refractivity (Wildman–Crippen MR) is 81.2 cm³/mol. The van der Waals surface area contributed by atoms with Crippen LogP contribution in [0, 0.1) is 0 Å². The average Bonchev–Trinajstić information content (AvgIpc) is 3.25. The summed E-state index contributed by atoms with van der Waals surface area (Å²) in [6.45, 7) is 3.12. The number of benzene rings is 1. The van der Waals surface area contributed by atoms with Crippen LogP contribution in [-0.2, 0) is 11.3 Å². The van der Waals surface area contributed by atoms with Gasteiger partial charge in [-0.25, -0.2) is 0 Å². The number of anilines is 1. The molecule has 3 rings (SSSR count). The number of hydrogen-bond acceptors (Lipinski definition) is 3. The van der Waals surface area contributed by atoms with E-state index in [0.29, 0.717) is 19.0 Å². The molecule has 1 aliphatic heterocycles. The zero-order valence-electron chi connectivity index (χ0n) is 11.5. The molecule has 2 N–H and O–H groups in total. The molecular weight excluding hydrogens is 274 g/mol. The maximum Gasteiger partial charge on any atom is 0.221 e. The number of rotatable bonds is 4. The Morgan fingerprint density at radius 3 is 2.95 bits per heavy atom. The van der Waals surface area contributed by atoms with Crippen LogP contribution in [0.1, 0.15) is 24.8 Å². The van der Waals surface area contributed by atoms with E-state index in [1.165, 1.54) is 12.8 Å². The Morgan fingerprint density at radius 2 is 2.20 bits per heavy atom. The number of hydrogen-bond donors (Lipinski definition) is 2. The minimum Gasteiger partial charge on any atom is -0.369 e. The summed E-state index contributed by atoms with van der Waals surface area (Å²) in [7, 11) is 0. The zero-order chi connectivity index (χ0) is 13.9. The molecule has 0 aromatic heterocycles. The molecule has 1 heterocycles. The molecule has 1 saturated carbocycles. The van der Waals surface area contributed by atoms with E-state index in [0.717, 1.165) is 35.9 Å². The SMILES string of the molecule is O=C1CCN(c2ccc(CNC3CC3)c(Cl)c2)CCN1. The van der Waals surface area contributed by atoms with Crippen molar-refractivity contribution in [2.45, 2.75) is 31.8 Å². The van der Waals surface area contributed by atoms with E-state index in [1.807, 2.05) is 6.07 Å². The lowest BCUT2D eigenvalue weighted by atomic mass is 10.2. The molecule has 0 atom stereocenters.